The smallest absolute Gasteiger partial charge is 0.198 e. The Morgan fingerprint density at radius 3 is 2.29 bits per heavy atom. The molecule has 0 radical (unpaired) electrons. The average molecular weight is 393 g/mol. The van der Waals surface area contributed by atoms with Crippen molar-refractivity contribution in [3.63, 3.8) is 0 Å². The number of rotatable bonds is 18. The van der Waals surface area contributed by atoms with Gasteiger partial charge >= 0.3 is 0 Å². The lowest BCUT2D eigenvalue weighted by atomic mass is 10.1. The van der Waals surface area contributed by atoms with E-state index in [1.165, 1.54) is 63.6 Å². The molecule has 0 aromatic rings. The lowest BCUT2D eigenvalue weighted by Gasteiger charge is -2.34. The first-order valence-corrected chi connectivity index (χ1v) is 11.8. The molecule has 4 heteroatoms. The molecule has 3 N–H and O–H groups in total. The topological polar surface area (TPSA) is 58.6 Å². The van der Waals surface area contributed by atoms with Crippen LogP contribution in [0.1, 0.15) is 84.0 Å². The average Bonchev–Trinajstić information content (AvgIpc) is 3.07. The first-order valence-electron chi connectivity index (χ1n) is 11.8. The number of nitrogens with zero attached hydrogens (tertiary/aromatic N) is 2. The van der Waals surface area contributed by atoms with Gasteiger partial charge in [0.25, 0.3) is 0 Å². The summed E-state index contributed by atoms with van der Waals surface area (Å²) in [4.78, 5) is 4.73. The van der Waals surface area contributed by atoms with Crippen LogP contribution in [0.2, 0.25) is 0 Å². The predicted octanol–water partition coefficient (Wildman–Crippen LogP) is 4.98. The fourth-order valence-corrected chi connectivity index (χ4v) is 4.09. The highest BCUT2D eigenvalue weighted by molar-refractivity contribution is 5.76. The number of quaternary nitrogens is 1. The maximum absolute atomic E-state index is 9.41. The summed E-state index contributed by atoms with van der Waals surface area (Å²) >= 11 is 0. The van der Waals surface area contributed by atoms with Crippen molar-refractivity contribution in [3.8, 4) is 0 Å². The van der Waals surface area contributed by atoms with E-state index in [1.807, 2.05) is 0 Å². The molecule has 0 aliphatic carbocycles. The first kappa shape index (κ1) is 25.1. The summed E-state index contributed by atoms with van der Waals surface area (Å²) in [5.41, 5.74) is 5.80. The Labute approximate surface area is 174 Å². The second-order valence-corrected chi connectivity index (χ2v) is 8.11. The summed E-state index contributed by atoms with van der Waals surface area (Å²) in [6, 6.07) is 0. The highest BCUT2D eigenvalue weighted by Crippen LogP contribution is 2.19. The number of nitrogens with two attached hydrogens (primary N) is 1. The van der Waals surface area contributed by atoms with Crippen LogP contribution in [-0.4, -0.2) is 54.8 Å². The molecule has 1 unspecified atom stereocenters. The van der Waals surface area contributed by atoms with Crippen LogP contribution in [0.25, 0.3) is 0 Å². The van der Waals surface area contributed by atoms with Gasteiger partial charge in [-0.2, -0.15) is 0 Å². The van der Waals surface area contributed by atoms with Gasteiger partial charge in [0.2, 0.25) is 0 Å². The van der Waals surface area contributed by atoms with Crippen molar-refractivity contribution in [2.24, 2.45) is 10.7 Å². The molecule has 0 saturated heterocycles. The normalized spacial score (nSPS) is 19.9. The third-order valence-electron chi connectivity index (χ3n) is 5.81. The summed E-state index contributed by atoms with van der Waals surface area (Å²) in [5.74, 6) is 1.26. The van der Waals surface area contributed by atoms with Crippen LogP contribution in [0, 0.1) is 0 Å². The highest BCUT2D eigenvalue weighted by Gasteiger charge is 2.36. The van der Waals surface area contributed by atoms with Gasteiger partial charge in [-0.05, 0) is 38.5 Å². The zero-order chi connectivity index (χ0) is 20.3. The zero-order valence-electron chi connectivity index (χ0n) is 18.5. The summed E-state index contributed by atoms with van der Waals surface area (Å²) in [7, 11) is 0. The van der Waals surface area contributed by atoms with Gasteiger partial charge in [-0.1, -0.05) is 63.3 Å². The SMILES string of the molecule is CCCCCCCCC=CCC=CCCCCC1=NCC[N+]1(CCN)CCO. The lowest BCUT2D eigenvalue weighted by Crippen LogP contribution is -2.54. The minimum absolute atomic E-state index is 0.216. The van der Waals surface area contributed by atoms with Gasteiger partial charge in [0.05, 0.1) is 19.7 Å². The molecule has 0 amide bonds. The van der Waals surface area contributed by atoms with Crippen molar-refractivity contribution in [1.29, 1.82) is 0 Å². The van der Waals surface area contributed by atoms with Crippen LogP contribution in [0.15, 0.2) is 29.3 Å². The molecule has 162 valence electrons. The van der Waals surface area contributed by atoms with E-state index in [0.717, 1.165) is 49.9 Å². The summed E-state index contributed by atoms with van der Waals surface area (Å²) in [6.45, 7) is 6.72. The van der Waals surface area contributed by atoms with E-state index in [2.05, 4.69) is 31.2 Å². The molecule has 4 nitrogen and oxygen atoms in total. The Morgan fingerprint density at radius 1 is 0.929 bits per heavy atom. The van der Waals surface area contributed by atoms with Gasteiger partial charge < -0.3 is 10.8 Å². The second-order valence-electron chi connectivity index (χ2n) is 8.11. The van der Waals surface area contributed by atoms with Gasteiger partial charge in [-0.3, -0.25) is 4.48 Å². The molecule has 1 atom stereocenters. The van der Waals surface area contributed by atoms with E-state index < -0.39 is 0 Å². The van der Waals surface area contributed by atoms with Gasteiger partial charge in [0, 0.05) is 13.0 Å². The molecule has 1 aliphatic heterocycles. The monoisotopic (exact) mass is 392 g/mol. The number of unbranched alkanes of at least 4 members (excludes halogenated alkanes) is 8. The Hall–Kier alpha value is -0.970. The van der Waals surface area contributed by atoms with Crippen LogP contribution < -0.4 is 5.73 Å². The minimum Gasteiger partial charge on any atom is -0.390 e. The fourth-order valence-electron chi connectivity index (χ4n) is 4.09. The number of hydrogen-bond donors (Lipinski definition) is 2. The number of aliphatic hydroxyl groups excluding tert-OH is 1. The van der Waals surface area contributed by atoms with Crippen molar-refractivity contribution in [2.45, 2.75) is 84.0 Å². The number of amidine groups is 1. The van der Waals surface area contributed by atoms with E-state index in [1.54, 1.807) is 0 Å². The van der Waals surface area contributed by atoms with Gasteiger partial charge in [-0.25, -0.2) is 4.99 Å². The standard InChI is InChI=1S/C24H46N3O/c1-2-3-4-5-6-7-8-9-10-11-12-13-14-15-16-17-24-26-19-21-27(24,20-18-25)22-23-28/h9-10,12-13,28H,2-8,11,14-23,25H2,1H3/q+1. The molecule has 1 heterocycles. The van der Waals surface area contributed by atoms with Crippen LogP contribution in [-0.2, 0) is 0 Å². The fraction of sp³-hybridized carbons (Fsp3) is 0.792. The van der Waals surface area contributed by atoms with E-state index >= 15 is 0 Å². The van der Waals surface area contributed by atoms with E-state index in [-0.39, 0.29) is 6.61 Å². The van der Waals surface area contributed by atoms with Crippen molar-refractivity contribution in [2.75, 3.05) is 39.3 Å². The predicted molar refractivity (Wildman–Crippen MR) is 123 cm³/mol. The molecular weight excluding hydrogens is 346 g/mol. The third-order valence-corrected chi connectivity index (χ3v) is 5.81. The third kappa shape index (κ3) is 10.5. The Bertz CT molecular complexity index is 451. The maximum atomic E-state index is 9.41. The first-order chi connectivity index (χ1) is 13.8. The number of aliphatic imine (C=N–C) groups is 1. The summed E-state index contributed by atoms with van der Waals surface area (Å²) in [6.07, 6.45) is 24.4. The van der Waals surface area contributed by atoms with E-state index in [0.29, 0.717) is 6.54 Å². The summed E-state index contributed by atoms with van der Waals surface area (Å²) < 4.78 is 0.826. The molecule has 1 rings (SSSR count). The van der Waals surface area contributed by atoms with Gasteiger partial charge in [-0.15, -0.1) is 0 Å². The Morgan fingerprint density at radius 2 is 1.61 bits per heavy atom. The largest absolute Gasteiger partial charge is 0.390 e. The van der Waals surface area contributed by atoms with Gasteiger partial charge in [0.15, 0.2) is 5.84 Å². The molecular formula is C24H46N3O+. The summed E-state index contributed by atoms with van der Waals surface area (Å²) in [5, 5.41) is 9.41. The number of allylic oxidation sites excluding steroid dienone is 4. The molecule has 0 bridgehead atoms. The molecule has 0 aromatic carbocycles. The number of aliphatic hydroxyl groups is 1. The van der Waals surface area contributed by atoms with Crippen LogP contribution in [0.4, 0.5) is 0 Å². The quantitative estimate of drug-likeness (QED) is 0.196. The van der Waals surface area contributed by atoms with Crippen molar-refractivity contribution >= 4 is 5.84 Å². The van der Waals surface area contributed by atoms with Crippen LogP contribution in [0.3, 0.4) is 0 Å². The molecule has 1 aliphatic rings. The van der Waals surface area contributed by atoms with Crippen LogP contribution >= 0.6 is 0 Å². The maximum Gasteiger partial charge on any atom is 0.198 e. The van der Waals surface area contributed by atoms with Gasteiger partial charge in [0.1, 0.15) is 13.1 Å². The molecule has 28 heavy (non-hydrogen) atoms. The van der Waals surface area contributed by atoms with Crippen molar-refractivity contribution in [3.05, 3.63) is 24.3 Å². The zero-order valence-corrected chi connectivity index (χ0v) is 18.5. The van der Waals surface area contributed by atoms with Crippen molar-refractivity contribution in [1.82, 2.24) is 0 Å². The van der Waals surface area contributed by atoms with E-state index in [9.17, 15) is 5.11 Å². The highest BCUT2D eigenvalue weighted by atomic mass is 16.3. The Balaban J connectivity index is 2.05. The Kier molecular flexibility index (Phi) is 15.2. The molecule has 0 fully saturated rings. The number of hydrogen-bond acceptors (Lipinski definition) is 3. The lowest BCUT2D eigenvalue weighted by molar-refractivity contribution is -0.835. The molecule has 0 spiro atoms. The van der Waals surface area contributed by atoms with Crippen molar-refractivity contribution < 1.29 is 9.59 Å². The molecule has 0 saturated carbocycles. The minimum atomic E-state index is 0.216. The molecule has 0 aromatic heterocycles. The van der Waals surface area contributed by atoms with Crippen LogP contribution in [0.5, 0.6) is 0 Å². The second kappa shape index (κ2) is 16.9. The van der Waals surface area contributed by atoms with E-state index in [4.69, 9.17) is 10.7 Å².